The monoisotopic (exact) mass is 293 g/mol. The highest BCUT2D eigenvalue weighted by Gasteiger charge is 2.26. The van der Waals surface area contributed by atoms with E-state index < -0.39 is 0 Å². The van der Waals surface area contributed by atoms with Gasteiger partial charge in [-0.2, -0.15) is 0 Å². The number of hydrogen-bond acceptors (Lipinski definition) is 5. The standard InChI is InChI=1S/C16H23NO4/c1-4-21-16(18)12-7-9-17(10-8-12)13-5-6-14(19-2)15(11-13)20-3/h5-6,11-12H,4,7-10H2,1-3H3. The molecule has 0 saturated carbocycles. The van der Waals surface area contributed by atoms with Gasteiger partial charge in [-0.15, -0.1) is 0 Å². The first-order chi connectivity index (χ1) is 10.2. The molecule has 5 nitrogen and oxygen atoms in total. The van der Waals surface area contributed by atoms with Crippen molar-refractivity contribution in [3.8, 4) is 11.5 Å². The highest BCUT2D eigenvalue weighted by molar-refractivity contribution is 5.73. The SMILES string of the molecule is CCOC(=O)C1CCN(c2ccc(OC)c(OC)c2)CC1. The summed E-state index contributed by atoms with van der Waals surface area (Å²) in [4.78, 5) is 14.0. The maximum atomic E-state index is 11.7. The number of ether oxygens (including phenoxy) is 3. The summed E-state index contributed by atoms with van der Waals surface area (Å²) in [6.45, 7) is 3.99. The lowest BCUT2D eigenvalue weighted by Gasteiger charge is -2.32. The molecule has 0 N–H and O–H groups in total. The van der Waals surface area contributed by atoms with Gasteiger partial charge in [-0.1, -0.05) is 0 Å². The summed E-state index contributed by atoms with van der Waals surface area (Å²) in [6.07, 6.45) is 1.65. The summed E-state index contributed by atoms with van der Waals surface area (Å²) in [6, 6.07) is 5.90. The fraction of sp³-hybridized carbons (Fsp3) is 0.562. The van der Waals surface area contributed by atoms with Crippen LogP contribution in [0.1, 0.15) is 19.8 Å². The Bertz CT molecular complexity index is 481. The molecule has 0 radical (unpaired) electrons. The average Bonchev–Trinajstić information content (AvgIpc) is 2.54. The maximum absolute atomic E-state index is 11.7. The Labute approximate surface area is 125 Å². The molecule has 21 heavy (non-hydrogen) atoms. The Hall–Kier alpha value is -1.91. The van der Waals surface area contributed by atoms with Crippen LogP contribution in [0.15, 0.2) is 18.2 Å². The van der Waals surface area contributed by atoms with Gasteiger partial charge < -0.3 is 19.1 Å². The van der Waals surface area contributed by atoms with Crippen molar-refractivity contribution in [1.82, 2.24) is 0 Å². The van der Waals surface area contributed by atoms with Gasteiger partial charge in [0, 0.05) is 24.8 Å². The number of hydrogen-bond donors (Lipinski definition) is 0. The van der Waals surface area contributed by atoms with Gasteiger partial charge in [0.25, 0.3) is 0 Å². The molecule has 0 atom stereocenters. The predicted molar refractivity (Wildman–Crippen MR) is 81.1 cm³/mol. The minimum Gasteiger partial charge on any atom is -0.493 e. The summed E-state index contributed by atoms with van der Waals surface area (Å²) in [7, 11) is 3.26. The van der Waals surface area contributed by atoms with Gasteiger partial charge in [-0.05, 0) is 31.9 Å². The molecule has 1 aromatic carbocycles. The Kier molecular flexibility index (Phi) is 5.31. The molecule has 1 heterocycles. The van der Waals surface area contributed by atoms with Crippen LogP contribution in [-0.4, -0.2) is 39.9 Å². The topological polar surface area (TPSA) is 48.0 Å². The van der Waals surface area contributed by atoms with E-state index in [4.69, 9.17) is 14.2 Å². The number of carbonyl (C=O) groups excluding carboxylic acids is 1. The van der Waals surface area contributed by atoms with E-state index >= 15 is 0 Å². The smallest absolute Gasteiger partial charge is 0.309 e. The van der Waals surface area contributed by atoms with Gasteiger partial charge in [0.05, 0.1) is 26.7 Å². The van der Waals surface area contributed by atoms with E-state index in [1.165, 1.54) is 0 Å². The van der Waals surface area contributed by atoms with Gasteiger partial charge in [0.1, 0.15) is 0 Å². The van der Waals surface area contributed by atoms with Gasteiger partial charge in [0.2, 0.25) is 0 Å². The first kappa shape index (κ1) is 15.5. The average molecular weight is 293 g/mol. The van der Waals surface area contributed by atoms with Crippen LogP contribution < -0.4 is 14.4 Å². The summed E-state index contributed by atoms with van der Waals surface area (Å²) in [5.41, 5.74) is 1.09. The van der Waals surface area contributed by atoms with Crippen molar-refractivity contribution >= 4 is 11.7 Å². The fourth-order valence-corrected chi connectivity index (χ4v) is 2.66. The quantitative estimate of drug-likeness (QED) is 0.781. The van der Waals surface area contributed by atoms with Gasteiger partial charge in [-0.25, -0.2) is 0 Å². The highest BCUT2D eigenvalue weighted by atomic mass is 16.5. The Balaban J connectivity index is 2.00. The number of rotatable bonds is 5. The molecule has 1 aliphatic heterocycles. The lowest BCUT2D eigenvalue weighted by molar-refractivity contribution is -0.148. The highest BCUT2D eigenvalue weighted by Crippen LogP contribution is 2.33. The van der Waals surface area contributed by atoms with E-state index in [9.17, 15) is 4.79 Å². The van der Waals surface area contributed by atoms with Crippen LogP contribution in [0, 0.1) is 5.92 Å². The molecule has 1 aliphatic rings. The molecule has 1 saturated heterocycles. The van der Waals surface area contributed by atoms with Gasteiger partial charge >= 0.3 is 5.97 Å². The molecule has 1 fully saturated rings. The zero-order chi connectivity index (χ0) is 15.2. The second kappa shape index (κ2) is 7.20. The third-order valence-corrected chi connectivity index (χ3v) is 3.85. The largest absolute Gasteiger partial charge is 0.493 e. The molecule has 0 aromatic heterocycles. The van der Waals surface area contributed by atoms with Crippen LogP contribution >= 0.6 is 0 Å². The Morgan fingerprint density at radius 1 is 1.19 bits per heavy atom. The molecule has 1 aromatic rings. The molecule has 2 rings (SSSR count). The van der Waals surface area contributed by atoms with Crippen molar-refractivity contribution in [2.45, 2.75) is 19.8 Å². The van der Waals surface area contributed by atoms with Crippen LogP contribution in [0.5, 0.6) is 11.5 Å². The van der Waals surface area contributed by atoms with Gasteiger partial charge in [-0.3, -0.25) is 4.79 Å². The summed E-state index contributed by atoms with van der Waals surface area (Å²) < 4.78 is 15.7. The third kappa shape index (κ3) is 3.60. The molecule has 5 heteroatoms. The van der Waals surface area contributed by atoms with Crippen LogP contribution in [0.2, 0.25) is 0 Å². The van der Waals surface area contributed by atoms with Crippen LogP contribution in [0.25, 0.3) is 0 Å². The number of benzene rings is 1. The van der Waals surface area contributed by atoms with Gasteiger partial charge in [0.15, 0.2) is 11.5 Å². The number of nitrogens with zero attached hydrogens (tertiary/aromatic N) is 1. The van der Waals surface area contributed by atoms with E-state index in [1.807, 2.05) is 25.1 Å². The molecular weight excluding hydrogens is 270 g/mol. The summed E-state index contributed by atoms with van der Waals surface area (Å²) in [5.74, 6) is 1.41. The molecular formula is C16H23NO4. The number of carbonyl (C=O) groups is 1. The maximum Gasteiger partial charge on any atom is 0.309 e. The molecule has 0 unspecified atom stereocenters. The molecule has 0 spiro atoms. The van der Waals surface area contributed by atoms with Crippen LogP contribution in [0.3, 0.4) is 0 Å². The minimum absolute atomic E-state index is 0.0290. The van der Waals surface area contributed by atoms with E-state index in [0.29, 0.717) is 6.61 Å². The first-order valence-corrected chi connectivity index (χ1v) is 7.33. The molecule has 0 aliphatic carbocycles. The van der Waals surface area contributed by atoms with E-state index in [2.05, 4.69) is 4.90 Å². The lowest BCUT2D eigenvalue weighted by atomic mass is 9.96. The second-order valence-electron chi connectivity index (χ2n) is 5.05. The zero-order valence-electron chi connectivity index (χ0n) is 12.9. The Morgan fingerprint density at radius 2 is 1.86 bits per heavy atom. The Morgan fingerprint density at radius 3 is 2.43 bits per heavy atom. The van der Waals surface area contributed by atoms with Crippen molar-refractivity contribution in [2.24, 2.45) is 5.92 Å². The van der Waals surface area contributed by atoms with Crippen molar-refractivity contribution in [3.05, 3.63) is 18.2 Å². The predicted octanol–water partition coefficient (Wildman–Crippen LogP) is 2.48. The summed E-state index contributed by atoms with van der Waals surface area (Å²) in [5, 5.41) is 0. The second-order valence-corrected chi connectivity index (χ2v) is 5.05. The van der Waals surface area contributed by atoms with Crippen LogP contribution in [-0.2, 0) is 9.53 Å². The normalized spacial score (nSPS) is 15.7. The minimum atomic E-state index is -0.0653. The van der Waals surface area contributed by atoms with Crippen LogP contribution in [0.4, 0.5) is 5.69 Å². The van der Waals surface area contributed by atoms with E-state index in [1.54, 1.807) is 14.2 Å². The van der Waals surface area contributed by atoms with Crippen molar-refractivity contribution in [1.29, 1.82) is 0 Å². The van der Waals surface area contributed by atoms with Crippen molar-refractivity contribution < 1.29 is 19.0 Å². The number of methoxy groups -OCH3 is 2. The molecule has 0 amide bonds. The summed E-state index contributed by atoms with van der Waals surface area (Å²) >= 11 is 0. The van der Waals surface area contributed by atoms with Crippen molar-refractivity contribution in [3.63, 3.8) is 0 Å². The number of esters is 1. The number of piperidine rings is 1. The third-order valence-electron chi connectivity index (χ3n) is 3.85. The zero-order valence-corrected chi connectivity index (χ0v) is 12.9. The lowest BCUT2D eigenvalue weighted by Crippen LogP contribution is -2.36. The van der Waals surface area contributed by atoms with E-state index in [-0.39, 0.29) is 11.9 Å². The van der Waals surface area contributed by atoms with Crippen molar-refractivity contribution in [2.75, 3.05) is 38.8 Å². The molecule has 0 bridgehead atoms. The van der Waals surface area contributed by atoms with E-state index in [0.717, 1.165) is 43.1 Å². The first-order valence-electron chi connectivity index (χ1n) is 7.33. The fourth-order valence-electron chi connectivity index (χ4n) is 2.66. The number of anilines is 1. The molecule has 116 valence electrons.